The van der Waals surface area contributed by atoms with Crippen LogP contribution in [0.1, 0.15) is 18.2 Å². The van der Waals surface area contributed by atoms with Crippen molar-refractivity contribution in [1.29, 1.82) is 0 Å². The van der Waals surface area contributed by atoms with Crippen molar-refractivity contribution < 1.29 is 9.59 Å². The summed E-state index contributed by atoms with van der Waals surface area (Å²) in [5, 5.41) is 4.13. The number of hydrogen-bond acceptors (Lipinski definition) is 3. The fraction of sp³-hybridized carbons (Fsp3) is 0.214. The highest BCUT2D eigenvalue weighted by molar-refractivity contribution is 6.21. The van der Waals surface area contributed by atoms with E-state index in [1.165, 1.54) is 4.90 Å². The highest BCUT2D eigenvalue weighted by Gasteiger charge is 2.41. The summed E-state index contributed by atoms with van der Waals surface area (Å²) < 4.78 is 1.61. The van der Waals surface area contributed by atoms with Crippen molar-refractivity contribution >= 4 is 17.5 Å². The lowest BCUT2D eigenvalue weighted by molar-refractivity contribution is -0.122. The molecule has 1 aliphatic heterocycles. The van der Waals surface area contributed by atoms with Gasteiger partial charge in [0, 0.05) is 11.9 Å². The summed E-state index contributed by atoms with van der Waals surface area (Å²) in [6.45, 7) is 1.87. The Morgan fingerprint density at radius 1 is 1.16 bits per heavy atom. The van der Waals surface area contributed by atoms with Gasteiger partial charge < -0.3 is 0 Å². The van der Waals surface area contributed by atoms with Crippen LogP contribution in [0.15, 0.2) is 42.6 Å². The van der Waals surface area contributed by atoms with Crippen LogP contribution in [0.3, 0.4) is 0 Å². The van der Waals surface area contributed by atoms with E-state index < -0.39 is 6.04 Å². The van der Waals surface area contributed by atoms with Gasteiger partial charge >= 0.3 is 0 Å². The van der Waals surface area contributed by atoms with Gasteiger partial charge in [0.1, 0.15) is 6.04 Å². The fourth-order valence-electron chi connectivity index (χ4n) is 2.36. The van der Waals surface area contributed by atoms with Crippen molar-refractivity contribution in [3.05, 3.63) is 48.3 Å². The molecule has 3 rings (SSSR count). The number of aryl methyl sites for hydroxylation is 1. The number of nitrogens with zero attached hydrogens (tertiary/aromatic N) is 3. The first-order valence-electron chi connectivity index (χ1n) is 6.10. The molecule has 1 atom stereocenters. The number of para-hydroxylation sites is 1. The maximum atomic E-state index is 12.4. The van der Waals surface area contributed by atoms with Gasteiger partial charge in [-0.2, -0.15) is 5.10 Å². The predicted octanol–water partition coefficient (Wildman–Crippen LogP) is 1.70. The first-order chi connectivity index (χ1) is 9.18. The summed E-state index contributed by atoms with van der Waals surface area (Å²) >= 11 is 0. The SMILES string of the molecule is Cc1ccnn1[C@H]1CC(=O)N(c2ccccc2)C1=O. The van der Waals surface area contributed by atoms with Crippen LogP contribution in [0.5, 0.6) is 0 Å². The lowest BCUT2D eigenvalue weighted by Gasteiger charge is -2.15. The van der Waals surface area contributed by atoms with Gasteiger partial charge in [-0.1, -0.05) is 18.2 Å². The van der Waals surface area contributed by atoms with Crippen molar-refractivity contribution in [3.8, 4) is 0 Å². The molecule has 0 aliphatic carbocycles. The van der Waals surface area contributed by atoms with Crippen LogP contribution in [-0.2, 0) is 9.59 Å². The minimum absolute atomic E-state index is 0.163. The second-order valence-electron chi connectivity index (χ2n) is 4.54. The standard InChI is InChI=1S/C14H13N3O2/c1-10-7-8-15-17(10)12-9-13(18)16(14(12)19)11-5-3-2-4-6-11/h2-8,12H,9H2,1H3/t12-/m0/s1. The smallest absolute Gasteiger partial charge is 0.259 e. The fourth-order valence-corrected chi connectivity index (χ4v) is 2.36. The summed E-state index contributed by atoms with van der Waals surface area (Å²) in [6, 6.07) is 10.3. The Balaban J connectivity index is 1.96. The number of amides is 2. The summed E-state index contributed by atoms with van der Waals surface area (Å²) in [6.07, 6.45) is 1.80. The number of hydrogen-bond donors (Lipinski definition) is 0. The topological polar surface area (TPSA) is 55.2 Å². The Kier molecular flexibility index (Phi) is 2.67. The molecule has 0 unspecified atom stereocenters. The molecule has 2 amide bonds. The van der Waals surface area contributed by atoms with Crippen molar-refractivity contribution in [2.75, 3.05) is 4.90 Å². The molecule has 1 aromatic heterocycles. The Labute approximate surface area is 110 Å². The quantitative estimate of drug-likeness (QED) is 0.767. The molecule has 1 saturated heterocycles. The van der Waals surface area contributed by atoms with Gasteiger partial charge in [-0.3, -0.25) is 14.3 Å². The van der Waals surface area contributed by atoms with Crippen LogP contribution >= 0.6 is 0 Å². The van der Waals surface area contributed by atoms with Gasteiger partial charge in [0.25, 0.3) is 5.91 Å². The van der Waals surface area contributed by atoms with E-state index in [1.54, 1.807) is 23.0 Å². The lowest BCUT2D eigenvalue weighted by Crippen LogP contribution is -2.31. The lowest BCUT2D eigenvalue weighted by atomic mass is 10.2. The van der Waals surface area contributed by atoms with E-state index in [-0.39, 0.29) is 18.2 Å². The highest BCUT2D eigenvalue weighted by atomic mass is 16.2. The zero-order valence-corrected chi connectivity index (χ0v) is 10.5. The predicted molar refractivity (Wildman–Crippen MR) is 69.6 cm³/mol. The molecule has 0 spiro atoms. The molecule has 1 aromatic carbocycles. The number of rotatable bonds is 2. The van der Waals surface area contributed by atoms with Crippen LogP contribution in [0.4, 0.5) is 5.69 Å². The van der Waals surface area contributed by atoms with Gasteiger partial charge in [-0.05, 0) is 25.1 Å². The molecular weight excluding hydrogens is 242 g/mol. The number of anilines is 1. The Morgan fingerprint density at radius 3 is 2.53 bits per heavy atom. The number of carbonyl (C=O) groups is 2. The van der Waals surface area contributed by atoms with Gasteiger partial charge in [0.2, 0.25) is 5.91 Å². The van der Waals surface area contributed by atoms with Crippen LogP contribution in [-0.4, -0.2) is 21.6 Å². The Bertz CT molecular complexity index is 633. The maximum Gasteiger partial charge on any atom is 0.259 e. The van der Waals surface area contributed by atoms with E-state index in [4.69, 9.17) is 0 Å². The second kappa shape index (κ2) is 4.35. The summed E-state index contributed by atoms with van der Waals surface area (Å²) in [5.41, 5.74) is 1.49. The monoisotopic (exact) mass is 255 g/mol. The third kappa shape index (κ3) is 1.83. The highest BCUT2D eigenvalue weighted by Crippen LogP contribution is 2.29. The number of benzene rings is 1. The van der Waals surface area contributed by atoms with Crippen molar-refractivity contribution in [1.82, 2.24) is 9.78 Å². The second-order valence-corrected chi connectivity index (χ2v) is 4.54. The summed E-state index contributed by atoms with van der Waals surface area (Å²) in [7, 11) is 0. The number of carbonyl (C=O) groups excluding carboxylic acids is 2. The largest absolute Gasteiger partial charge is 0.274 e. The molecule has 0 N–H and O–H groups in total. The normalized spacial score (nSPS) is 19.2. The minimum Gasteiger partial charge on any atom is -0.274 e. The Morgan fingerprint density at radius 2 is 1.89 bits per heavy atom. The average Bonchev–Trinajstić information content (AvgIpc) is 2.94. The molecule has 0 radical (unpaired) electrons. The molecule has 96 valence electrons. The third-order valence-electron chi connectivity index (χ3n) is 3.30. The van der Waals surface area contributed by atoms with E-state index >= 15 is 0 Å². The summed E-state index contributed by atoms with van der Waals surface area (Å²) in [5.74, 6) is -0.404. The number of aromatic nitrogens is 2. The van der Waals surface area contributed by atoms with E-state index in [2.05, 4.69) is 5.10 Å². The molecule has 0 bridgehead atoms. The van der Waals surface area contributed by atoms with E-state index in [9.17, 15) is 9.59 Å². The van der Waals surface area contributed by atoms with Crippen LogP contribution in [0.2, 0.25) is 0 Å². The molecule has 0 saturated carbocycles. The van der Waals surface area contributed by atoms with Crippen LogP contribution < -0.4 is 4.90 Å². The van der Waals surface area contributed by atoms with Crippen molar-refractivity contribution in [2.24, 2.45) is 0 Å². The molecule has 2 heterocycles. The van der Waals surface area contributed by atoms with Crippen molar-refractivity contribution in [3.63, 3.8) is 0 Å². The zero-order valence-electron chi connectivity index (χ0n) is 10.5. The van der Waals surface area contributed by atoms with Gasteiger partial charge in [-0.25, -0.2) is 4.90 Å². The van der Waals surface area contributed by atoms with Crippen molar-refractivity contribution in [2.45, 2.75) is 19.4 Å². The van der Waals surface area contributed by atoms with Gasteiger partial charge in [-0.15, -0.1) is 0 Å². The first-order valence-corrected chi connectivity index (χ1v) is 6.10. The van der Waals surface area contributed by atoms with E-state index in [0.717, 1.165) is 5.69 Å². The van der Waals surface area contributed by atoms with Crippen LogP contribution in [0, 0.1) is 6.92 Å². The minimum atomic E-state index is -0.525. The van der Waals surface area contributed by atoms with Gasteiger partial charge in [0.15, 0.2) is 0 Å². The maximum absolute atomic E-state index is 12.4. The molecule has 5 nitrogen and oxygen atoms in total. The van der Waals surface area contributed by atoms with Gasteiger partial charge in [0.05, 0.1) is 12.1 Å². The molecule has 1 aliphatic rings. The number of imide groups is 1. The summed E-state index contributed by atoms with van der Waals surface area (Å²) in [4.78, 5) is 25.7. The molecular formula is C14H13N3O2. The molecule has 19 heavy (non-hydrogen) atoms. The molecule has 2 aromatic rings. The van der Waals surface area contributed by atoms with E-state index in [1.807, 2.05) is 31.2 Å². The molecule has 1 fully saturated rings. The van der Waals surface area contributed by atoms with Crippen LogP contribution in [0.25, 0.3) is 0 Å². The van der Waals surface area contributed by atoms with E-state index in [0.29, 0.717) is 5.69 Å². The third-order valence-corrected chi connectivity index (χ3v) is 3.30. The Hall–Kier alpha value is -2.43. The zero-order chi connectivity index (χ0) is 13.4. The molecule has 5 heteroatoms. The average molecular weight is 255 g/mol. The first kappa shape index (κ1) is 11.6.